The summed E-state index contributed by atoms with van der Waals surface area (Å²) in [6, 6.07) is 18.9. The minimum atomic E-state index is 0.201. The molecular formula is C34H36NS+. The molecule has 0 saturated carbocycles. The lowest BCUT2D eigenvalue weighted by atomic mass is 9.82. The molecule has 1 nitrogen and oxygen atoms in total. The minimum Gasteiger partial charge on any atom is -0.200 e. The first-order valence-electron chi connectivity index (χ1n) is 13.2. The van der Waals surface area contributed by atoms with Gasteiger partial charge in [-0.25, -0.2) is 4.57 Å². The van der Waals surface area contributed by atoms with E-state index in [0.717, 1.165) is 6.42 Å². The van der Waals surface area contributed by atoms with Gasteiger partial charge in [0.2, 0.25) is 5.69 Å². The molecule has 182 valence electrons. The minimum absolute atomic E-state index is 0.201. The van der Waals surface area contributed by atoms with Gasteiger partial charge in [0.25, 0.3) is 0 Å². The van der Waals surface area contributed by atoms with Gasteiger partial charge in [-0.3, -0.25) is 0 Å². The molecule has 0 spiro atoms. The van der Waals surface area contributed by atoms with Crippen molar-refractivity contribution in [3.8, 4) is 11.3 Å². The summed E-state index contributed by atoms with van der Waals surface area (Å²) in [4.78, 5) is 2.84. The molecule has 0 fully saturated rings. The van der Waals surface area contributed by atoms with Crippen LogP contribution in [0.25, 0.3) is 43.6 Å². The lowest BCUT2D eigenvalue weighted by Crippen LogP contribution is -2.32. The molecule has 0 radical (unpaired) electrons. The van der Waals surface area contributed by atoms with E-state index in [-0.39, 0.29) is 5.41 Å². The molecule has 0 unspecified atom stereocenters. The van der Waals surface area contributed by atoms with E-state index in [9.17, 15) is 0 Å². The summed E-state index contributed by atoms with van der Waals surface area (Å²) in [6.45, 7) is 16.2. The molecule has 0 N–H and O–H groups in total. The third-order valence-electron chi connectivity index (χ3n) is 7.83. The van der Waals surface area contributed by atoms with E-state index < -0.39 is 0 Å². The smallest absolute Gasteiger partial charge is 0.200 e. The van der Waals surface area contributed by atoms with Crippen molar-refractivity contribution in [1.82, 2.24) is 0 Å². The van der Waals surface area contributed by atoms with E-state index >= 15 is 0 Å². The second kappa shape index (κ2) is 8.08. The zero-order valence-corrected chi connectivity index (χ0v) is 23.7. The van der Waals surface area contributed by atoms with Gasteiger partial charge in [-0.15, -0.1) is 0 Å². The van der Waals surface area contributed by atoms with Crippen LogP contribution < -0.4 is 4.57 Å². The van der Waals surface area contributed by atoms with E-state index in [4.69, 9.17) is 0 Å². The maximum absolute atomic E-state index is 2.44. The zero-order valence-electron chi connectivity index (χ0n) is 22.8. The van der Waals surface area contributed by atoms with Crippen LogP contribution in [-0.4, -0.2) is 0 Å². The van der Waals surface area contributed by atoms with Crippen LogP contribution in [0.3, 0.4) is 0 Å². The van der Waals surface area contributed by atoms with Gasteiger partial charge in [0.1, 0.15) is 7.05 Å². The van der Waals surface area contributed by atoms with Gasteiger partial charge in [0, 0.05) is 21.2 Å². The van der Waals surface area contributed by atoms with Gasteiger partial charge in [0.15, 0.2) is 6.20 Å². The fourth-order valence-corrected chi connectivity index (χ4v) is 7.40. The van der Waals surface area contributed by atoms with E-state index in [1.165, 1.54) is 75.6 Å². The second-order valence-electron chi connectivity index (χ2n) is 12.3. The van der Waals surface area contributed by atoms with Gasteiger partial charge in [0.05, 0.1) is 10.9 Å². The third-order valence-corrected chi connectivity index (χ3v) is 9.02. The van der Waals surface area contributed by atoms with Crippen LogP contribution in [0, 0.1) is 19.3 Å². The van der Waals surface area contributed by atoms with Gasteiger partial charge in [-0.05, 0) is 75.9 Å². The van der Waals surface area contributed by atoms with E-state index in [1.807, 2.05) is 11.8 Å². The summed E-state index contributed by atoms with van der Waals surface area (Å²) in [6.07, 6.45) is 3.33. The Bertz CT molecular complexity index is 1720. The largest absolute Gasteiger partial charge is 0.222 e. The number of nitrogens with zero attached hydrogens (tertiary/aromatic N) is 1. The molecular weight excluding hydrogens is 454 g/mol. The van der Waals surface area contributed by atoms with E-state index in [1.54, 1.807) is 0 Å². The van der Waals surface area contributed by atoms with Gasteiger partial charge in [-0.1, -0.05) is 88.3 Å². The fourth-order valence-electron chi connectivity index (χ4n) is 6.03. The monoisotopic (exact) mass is 490 g/mol. The molecule has 4 aromatic carbocycles. The van der Waals surface area contributed by atoms with Gasteiger partial charge in [-0.2, -0.15) is 0 Å². The Morgan fingerprint density at radius 1 is 0.861 bits per heavy atom. The number of aromatic nitrogens is 1. The van der Waals surface area contributed by atoms with E-state index in [2.05, 4.69) is 115 Å². The molecule has 2 heteroatoms. The zero-order chi connectivity index (χ0) is 25.5. The van der Waals surface area contributed by atoms with Crippen molar-refractivity contribution in [3.05, 3.63) is 77.0 Å². The molecule has 0 saturated heterocycles. The highest BCUT2D eigenvalue weighted by atomic mass is 32.2. The first kappa shape index (κ1) is 23.6. The summed E-state index contributed by atoms with van der Waals surface area (Å²) < 4.78 is 2.36. The van der Waals surface area contributed by atoms with Crippen LogP contribution in [0.2, 0.25) is 0 Å². The van der Waals surface area contributed by atoms with Gasteiger partial charge < -0.3 is 0 Å². The lowest BCUT2D eigenvalue weighted by Gasteiger charge is -2.28. The van der Waals surface area contributed by atoms with Crippen LogP contribution in [0.1, 0.15) is 62.8 Å². The Morgan fingerprint density at radius 2 is 1.64 bits per heavy atom. The number of hydrogen-bond donors (Lipinski definition) is 0. The summed E-state index contributed by atoms with van der Waals surface area (Å²) >= 11 is 2.00. The molecule has 1 aromatic heterocycles. The number of benzene rings is 4. The van der Waals surface area contributed by atoms with Crippen LogP contribution in [0.15, 0.2) is 64.5 Å². The standard InChI is InChI=1S/C34H36NS/c1-19(2)22-10-11-23-17-29-31-25(27(23)16-22)13-14-35(8)32(31)30-21(4)26-15-20(3)9-12-24(26)28(33(30)36-29)18-34(5,6)7/h9-17,19H,18H2,1-8H3/q+1. The summed E-state index contributed by atoms with van der Waals surface area (Å²) in [5.41, 5.74) is 8.63. The Kier molecular flexibility index (Phi) is 5.29. The second-order valence-corrected chi connectivity index (χ2v) is 13.3. The van der Waals surface area contributed by atoms with Crippen LogP contribution in [0.4, 0.5) is 0 Å². The predicted molar refractivity (Wildman–Crippen MR) is 156 cm³/mol. The Balaban J connectivity index is 1.79. The molecule has 0 aliphatic carbocycles. The molecule has 2 heterocycles. The van der Waals surface area contributed by atoms with Crippen molar-refractivity contribution in [1.29, 1.82) is 0 Å². The number of pyridine rings is 1. The SMILES string of the molecule is Cc1ccc2c(CC(C)(C)C)c3c(c(C)c2c1)-c1c2c(cc4ccc(C(C)C)cc4c2cc[n+]1C)S3. The quantitative estimate of drug-likeness (QED) is 0.173. The highest BCUT2D eigenvalue weighted by molar-refractivity contribution is 8.00. The Hall–Kier alpha value is -2.84. The maximum Gasteiger partial charge on any atom is 0.222 e. The molecule has 6 rings (SSSR count). The highest BCUT2D eigenvalue weighted by Crippen LogP contribution is 2.53. The molecule has 0 atom stereocenters. The van der Waals surface area contributed by atoms with Crippen LogP contribution >= 0.6 is 11.8 Å². The van der Waals surface area contributed by atoms with Crippen molar-refractivity contribution < 1.29 is 4.57 Å². The van der Waals surface area contributed by atoms with Crippen molar-refractivity contribution in [2.75, 3.05) is 0 Å². The number of rotatable bonds is 2. The molecule has 0 bridgehead atoms. The molecule has 5 aromatic rings. The third kappa shape index (κ3) is 3.57. The van der Waals surface area contributed by atoms with Crippen LogP contribution in [-0.2, 0) is 13.5 Å². The molecule has 1 aliphatic rings. The Labute approximate surface area is 219 Å². The molecule has 1 aliphatic heterocycles. The lowest BCUT2D eigenvalue weighted by molar-refractivity contribution is -0.659. The van der Waals surface area contributed by atoms with Crippen molar-refractivity contribution in [2.24, 2.45) is 12.5 Å². The highest BCUT2D eigenvalue weighted by Gasteiger charge is 2.33. The Morgan fingerprint density at radius 3 is 2.36 bits per heavy atom. The fraction of sp³-hybridized carbons (Fsp3) is 0.324. The van der Waals surface area contributed by atoms with Crippen molar-refractivity contribution >= 4 is 44.1 Å². The summed E-state index contributed by atoms with van der Waals surface area (Å²) in [7, 11) is 2.22. The number of hydrogen-bond acceptors (Lipinski definition) is 1. The number of fused-ring (bicyclic) bond motifs is 5. The molecule has 0 amide bonds. The molecule has 36 heavy (non-hydrogen) atoms. The van der Waals surface area contributed by atoms with Crippen LogP contribution in [0.5, 0.6) is 0 Å². The average Bonchev–Trinajstić information content (AvgIpc) is 2.82. The number of aryl methyl sites for hydroxylation is 3. The first-order chi connectivity index (χ1) is 17.0. The maximum atomic E-state index is 2.44. The van der Waals surface area contributed by atoms with E-state index in [0.29, 0.717) is 5.92 Å². The van der Waals surface area contributed by atoms with Crippen molar-refractivity contribution in [3.63, 3.8) is 0 Å². The first-order valence-corrected chi connectivity index (χ1v) is 14.0. The predicted octanol–water partition coefficient (Wildman–Crippen LogP) is 9.43. The summed E-state index contributed by atoms with van der Waals surface area (Å²) in [5, 5.41) is 8.30. The summed E-state index contributed by atoms with van der Waals surface area (Å²) in [5.74, 6) is 0.517. The normalized spacial score (nSPS) is 13.2. The average molecular weight is 491 g/mol. The topological polar surface area (TPSA) is 3.88 Å². The van der Waals surface area contributed by atoms with Crippen molar-refractivity contribution in [2.45, 2.75) is 70.6 Å². The van der Waals surface area contributed by atoms with Gasteiger partial charge >= 0.3 is 0 Å².